The van der Waals surface area contributed by atoms with Crippen molar-refractivity contribution in [1.29, 1.82) is 0 Å². The molecule has 1 rings (SSSR count). The second kappa shape index (κ2) is 5.20. The molecule has 0 spiro atoms. The molecule has 4 nitrogen and oxygen atoms in total. The van der Waals surface area contributed by atoms with Crippen molar-refractivity contribution in [2.45, 2.75) is 31.5 Å². The van der Waals surface area contributed by atoms with Crippen molar-refractivity contribution in [3.8, 4) is 0 Å². The molecule has 1 aliphatic carbocycles. The second-order valence-corrected chi connectivity index (χ2v) is 3.85. The van der Waals surface area contributed by atoms with Gasteiger partial charge in [0.25, 0.3) is 0 Å². The molecule has 0 saturated heterocycles. The van der Waals surface area contributed by atoms with E-state index < -0.39 is 42.9 Å². The number of aliphatic carboxylic acids is 1. The van der Waals surface area contributed by atoms with Crippen molar-refractivity contribution in [2.24, 2.45) is 5.92 Å². The molecule has 2 N–H and O–H groups in total. The van der Waals surface area contributed by atoms with Gasteiger partial charge in [-0.1, -0.05) is 12.2 Å². The molecule has 96 valence electrons. The largest absolute Gasteiger partial charge is 0.481 e. The molecule has 0 aliphatic heterocycles. The molecule has 0 heterocycles. The lowest BCUT2D eigenvalue weighted by atomic mass is 10.1. The lowest BCUT2D eigenvalue weighted by Gasteiger charge is -2.12. The summed E-state index contributed by atoms with van der Waals surface area (Å²) in [5.41, 5.74) is 0. The molecule has 2 unspecified atom stereocenters. The summed E-state index contributed by atoms with van der Waals surface area (Å²) in [6.45, 7) is 0. The Bertz CT molecular complexity index is 338. The number of carbonyl (C=O) groups excluding carboxylic acids is 1. The Balaban J connectivity index is 2.30. The van der Waals surface area contributed by atoms with Crippen molar-refractivity contribution in [3.63, 3.8) is 0 Å². The third-order valence-corrected chi connectivity index (χ3v) is 2.38. The SMILES string of the molecule is O=C(CCC(F)(F)F)NC1C=CC(C(=O)O)C1. The molecule has 0 aromatic rings. The van der Waals surface area contributed by atoms with Crippen molar-refractivity contribution >= 4 is 11.9 Å². The molecule has 0 radical (unpaired) electrons. The van der Waals surface area contributed by atoms with E-state index in [0.29, 0.717) is 0 Å². The Morgan fingerprint density at radius 3 is 2.47 bits per heavy atom. The summed E-state index contributed by atoms with van der Waals surface area (Å²) >= 11 is 0. The van der Waals surface area contributed by atoms with Gasteiger partial charge < -0.3 is 10.4 Å². The van der Waals surface area contributed by atoms with Crippen LogP contribution in [0.2, 0.25) is 0 Å². The predicted octanol–water partition coefficient (Wildman–Crippen LogP) is 1.47. The normalized spacial score (nSPS) is 23.7. The van der Waals surface area contributed by atoms with Gasteiger partial charge in [-0.3, -0.25) is 9.59 Å². The molecule has 7 heteroatoms. The molecule has 0 aromatic heterocycles. The lowest BCUT2D eigenvalue weighted by Crippen LogP contribution is -2.33. The van der Waals surface area contributed by atoms with E-state index in [1.165, 1.54) is 12.2 Å². The highest BCUT2D eigenvalue weighted by molar-refractivity contribution is 5.77. The number of hydrogen-bond donors (Lipinski definition) is 2. The first-order valence-electron chi connectivity index (χ1n) is 5.05. The maximum Gasteiger partial charge on any atom is 0.389 e. The van der Waals surface area contributed by atoms with E-state index in [0.717, 1.165) is 0 Å². The first-order valence-corrected chi connectivity index (χ1v) is 5.05. The van der Waals surface area contributed by atoms with Crippen LogP contribution in [0.1, 0.15) is 19.3 Å². The zero-order valence-corrected chi connectivity index (χ0v) is 8.83. The van der Waals surface area contributed by atoms with Crippen LogP contribution in [0.5, 0.6) is 0 Å². The van der Waals surface area contributed by atoms with Gasteiger partial charge in [0.05, 0.1) is 12.3 Å². The highest BCUT2D eigenvalue weighted by atomic mass is 19.4. The summed E-state index contributed by atoms with van der Waals surface area (Å²) < 4.78 is 35.5. The van der Waals surface area contributed by atoms with Crippen LogP contribution in [0.4, 0.5) is 13.2 Å². The van der Waals surface area contributed by atoms with Crippen LogP contribution < -0.4 is 5.32 Å². The van der Waals surface area contributed by atoms with Crippen molar-refractivity contribution < 1.29 is 27.9 Å². The number of alkyl halides is 3. The van der Waals surface area contributed by atoms with E-state index >= 15 is 0 Å². The van der Waals surface area contributed by atoms with Crippen LogP contribution in [-0.4, -0.2) is 29.2 Å². The van der Waals surface area contributed by atoms with Gasteiger partial charge in [-0.05, 0) is 6.42 Å². The second-order valence-electron chi connectivity index (χ2n) is 3.85. The number of carbonyl (C=O) groups is 2. The molecule has 0 bridgehead atoms. The Kier molecular flexibility index (Phi) is 4.14. The van der Waals surface area contributed by atoms with Gasteiger partial charge in [0, 0.05) is 12.5 Å². The first-order chi connectivity index (χ1) is 7.78. The minimum Gasteiger partial charge on any atom is -0.481 e. The van der Waals surface area contributed by atoms with Gasteiger partial charge >= 0.3 is 12.1 Å². The predicted molar refractivity (Wildman–Crippen MR) is 52.1 cm³/mol. The fourth-order valence-electron chi connectivity index (χ4n) is 1.52. The van der Waals surface area contributed by atoms with Gasteiger partial charge in [-0.15, -0.1) is 0 Å². The fraction of sp³-hybridized carbons (Fsp3) is 0.600. The number of carboxylic acid groups (broad SMARTS) is 1. The van der Waals surface area contributed by atoms with E-state index in [4.69, 9.17) is 5.11 Å². The van der Waals surface area contributed by atoms with Crippen molar-refractivity contribution in [2.75, 3.05) is 0 Å². The molecule has 0 fully saturated rings. The van der Waals surface area contributed by atoms with Gasteiger partial charge in [0.15, 0.2) is 0 Å². The smallest absolute Gasteiger partial charge is 0.389 e. The molecular formula is C10H12F3NO3. The fourth-order valence-corrected chi connectivity index (χ4v) is 1.52. The summed E-state index contributed by atoms with van der Waals surface area (Å²) in [5, 5.41) is 11.0. The number of amides is 1. The first kappa shape index (κ1) is 13.5. The Hall–Kier alpha value is -1.53. The van der Waals surface area contributed by atoms with Gasteiger partial charge in [0.2, 0.25) is 5.91 Å². The van der Waals surface area contributed by atoms with Gasteiger partial charge in [-0.25, -0.2) is 0 Å². The van der Waals surface area contributed by atoms with Crippen LogP contribution in [0.25, 0.3) is 0 Å². The standard InChI is InChI=1S/C10H12F3NO3/c11-10(12,13)4-3-8(15)14-7-2-1-6(5-7)9(16)17/h1-2,6-7H,3-5H2,(H,14,15)(H,16,17). The topological polar surface area (TPSA) is 66.4 Å². The minimum absolute atomic E-state index is 0.188. The van der Waals surface area contributed by atoms with E-state index in [2.05, 4.69) is 5.32 Å². The highest BCUT2D eigenvalue weighted by Gasteiger charge is 2.29. The third kappa shape index (κ3) is 4.88. The molecule has 1 aliphatic rings. The van der Waals surface area contributed by atoms with Crippen LogP contribution in [0, 0.1) is 5.92 Å². The third-order valence-electron chi connectivity index (χ3n) is 2.38. The number of carboxylic acids is 1. The van der Waals surface area contributed by atoms with E-state index in [9.17, 15) is 22.8 Å². The van der Waals surface area contributed by atoms with Crippen LogP contribution in [-0.2, 0) is 9.59 Å². The van der Waals surface area contributed by atoms with Gasteiger partial charge in [0.1, 0.15) is 0 Å². The van der Waals surface area contributed by atoms with Crippen LogP contribution in [0.15, 0.2) is 12.2 Å². The molecule has 2 atom stereocenters. The number of nitrogens with one attached hydrogen (secondary N) is 1. The maximum absolute atomic E-state index is 11.8. The van der Waals surface area contributed by atoms with Crippen LogP contribution in [0.3, 0.4) is 0 Å². The molecule has 17 heavy (non-hydrogen) atoms. The van der Waals surface area contributed by atoms with E-state index in [1.54, 1.807) is 0 Å². The minimum atomic E-state index is -4.35. The summed E-state index contributed by atoms with van der Waals surface area (Å²) in [7, 11) is 0. The highest BCUT2D eigenvalue weighted by Crippen LogP contribution is 2.22. The van der Waals surface area contributed by atoms with E-state index in [1.807, 2.05) is 0 Å². The maximum atomic E-state index is 11.8. The van der Waals surface area contributed by atoms with Crippen LogP contribution >= 0.6 is 0 Å². The Morgan fingerprint density at radius 2 is 2.00 bits per heavy atom. The average molecular weight is 251 g/mol. The summed E-state index contributed by atoms with van der Waals surface area (Å²) in [4.78, 5) is 21.7. The number of hydrogen-bond acceptors (Lipinski definition) is 2. The summed E-state index contributed by atoms with van der Waals surface area (Å²) in [6.07, 6.45) is -3.05. The lowest BCUT2D eigenvalue weighted by molar-refractivity contribution is -0.144. The molecular weight excluding hydrogens is 239 g/mol. The zero-order valence-electron chi connectivity index (χ0n) is 8.83. The monoisotopic (exact) mass is 251 g/mol. The van der Waals surface area contributed by atoms with Crippen molar-refractivity contribution in [1.82, 2.24) is 5.32 Å². The summed E-state index contributed by atoms with van der Waals surface area (Å²) in [6, 6.07) is -0.489. The van der Waals surface area contributed by atoms with Gasteiger partial charge in [-0.2, -0.15) is 13.2 Å². The zero-order chi connectivity index (χ0) is 13.1. The number of halogens is 3. The average Bonchev–Trinajstić information content (AvgIpc) is 2.62. The molecule has 1 amide bonds. The van der Waals surface area contributed by atoms with E-state index in [-0.39, 0.29) is 6.42 Å². The molecule has 0 saturated carbocycles. The quantitative estimate of drug-likeness (QED) is 0.743. The number of rotatable bonds is 4. The summed E-state index contributed by atoms with van der Waals surface area (Å²) in [5.74, 6) is -2.40. The Labute approximate surface area is 95.5 Å². The Morgan fingerprint density at radius 1 is 1.35 bits per heavy atom. The molecule has 0 aromatic carbocycles. The van der Waals surface area contributed by atoms with Crippen molar-refractivity contribution in [3.05, 3.63) is 12.2 Å².